The van der Waals surface area contributed by atoms with E-state index in [9.17, 15) is 4.79 Å². The molecule has 0 saturated heterocycles. The lowest BCUT2D eigenvalue weighted by Gasteiger charge is -2.00. The van der Waals surface area contributed by atoms with Crippen molar-refractivity contribution in [3.05, 3.63) is 23.3 Å². The second-order valence-electron chi connectivity index (χ2n) is 4.09. The number of allylic oxidation sites excluding steroid dienone is 3. The number of Topliss-reactive ketones (excluding diaryl/α,β-unsaturated/α-hetero) is 1. The predicted molar refractivity (Wildman–Crippen MR) is 63.9 cm³/mol. The fourth-order valence-electron chi connectivity index (χ4n) is 1.09. The summed E-state index contributed by atoms with van der Waals surface area (Å²) in [6.07, 6.45) is 6.42. The van der Waals surface area contributed by atoms with Gasteiger partial charge in [0.1, 0.15) is 6.61 Å². The molecule has 2 nitrogen and oxygen atoms in total. The zero-order valence-electron chi connectivity index (χ0n) is 10.3. The van der Waals surface area contributed by atoms with Crippen LogP contribution >= 0.6 is 0 Å². The Morgan fingerprint density at radius 1 is 1.13 bits per heavy atom. The number of hydrogen-bond donors (Lipinski definition) is 0. The highest BCUT2D eigenvalue weighted by Gasteiger charge is 1.92. The summed E-state index contributed by atoms with van der Waals surface area (Å²) in [5.74, 6) is 0.0746. The molecule has 0 N–H and O–H groups in total. The van der Waals surface area contributed by atoms with Gasteiger partial charge in [-0.15, -0.1) is 0 Å². The number of carbonyl (C=O) groups is 1. The van der Waals surface area contributed by atoms with Crippen molar-refractivity contribution in [2.24, 2.45) is 0 Å². The van der Waals surface area contributed by atoms with Crippen LogP contribution in [0.1, 0.15) is 40.5 Å². The maximum atomic E-state index is 10.6. The molecule has 86 valence electrons. The monoisotopic (exact) mass is 210 g/mol. The average Bonchev–Trinajstić information content (AvgIpc) is 2.11. The molecule has 2 heteroatoms. The molecular weight excluding hydrogens is 188 g/mol. The van der Waals surface area contributed by atoms with E-state index in [0.29, 0.717) is 6.61 Å². The summed E-state index contributed by atoms with van der Waals surface area (Å²) >= 11 is 0. The van der Waals surface area contributed by atoms with Crippen molar-refractivity contribution in [3.8, 4) is 0 Å². The SMILES string of the molecule is CC(=O)COC/C=C(\C)CCC=C(C)C. The Kier molecular flexibility index (Phi) is 7.92. The first-order chi connectivity index (χ1) is 7.02. The van der Waals surface area contributed by atoms with Crippen LogP contribution in [-0.2, 0) is 9.53 Å². The van der Waals surface area contributed by atoms with E-state index in [1.54, 1.807) is 0 Å². The molecule has 0 aliphatic carbocycles. The molecule has 0 atom stereocenters. The van der Waals surface area contributed by atoms with Crippen molar-refractivity contribution in [2.45, 2.75) is 40.5 Å². The molecule has 0 heterocycles. The minimum absolute atomic E-state index is 0.0746. The minimum atomic E-state index is 0.0746. The van der Waals surface area contributed by atoms with Crippen molar-refractivity contribution in [2.75, 3.05) is 13.2 Å². The molecule has 0 saturated carbocycles. The lowest BCUT2D eigenvalue weighted by atomic mass is 10.1. The van der Waals surface area contributed by atoms with Crippen molar-refractivity contribution < 1.29 is 9.53 Å². The van der Waals surface area contributed by atoms with Gasteiger partial charge < -0.3 is 4.74 Å². The molecule has 0 rings (SSSR count). The fourth-order valence-corrected chi connectivity index (χ4v) is 1.09. The molecule has 0 amide bonds. The van der Waals surface area contributed by atoms with Gasteiger partial charge in [-0.2, -0.15) is 0 Å². The topological polar surface area (TPSA) is 26.3 Å². The van der Waals surface area contributed by atoms with Crippen molar-refractivity contribution in [1.82, 2.24) is 0 Å². The first-order valence-electron chi connectivity index (χ1n) is 5.38. The molecule has 0 bridgehead atoms. The molecular formula is C13H22O2. The maximum absolute atomic E-state index is 10.6. The quantitative estimate of drug-likeness (QED) is 0.476. The van der Waals surface area contributed by atoms with Gasteiger partial charge in [0.25, 0.3) is 0 Å². The van der Waals surface area contributed by atoms with Crippen LogP contribution in [0.15, 0.2) is 23.3 Å². The first kappa shape index (κ1) is 14.1. The number of ketones is 1. The van der Waals surface area contributed by atoms with Gasteiger partial charge in [0, 0.05) is 0 Å². The molecule has 15 heavy (non-hydrogen) atoms. The summed E-state index contributed by atoms with van der Waals surface area (Å²) in [5.41, 5.74) is 2.67. The number of ether oxygens (including phenoxy) is 1. The molecule has 0 spiro atoms. The molecule has 0 aliphatic heterocycles. The van der Waals surface area contributed by atoms with E-state index in [1.807, 2.05) is 6.08 Å². The molecule has 0 aliphatic rings. The number of rotatable bonds is 7. The third-order valence-corrected chi connectivity index (χ3v) is 1.95. The van der Waals surface area contributed by atoms with Gasteiger partial charge in [0.05, 0.1) is 6.61 Å². The lowest BCUT2D eigenvalue weighted by molar-refractivity contribution is -0.121. The average molecular weight is 210 g/mol. The summed E-state index contributed by atoms with van der Waals surface area (Å²) in [6, 6.07) is 0. The van der Waals surface area contributed by atoms with Gasteiger partial charge in [-0.3, -0.25) is 4.79 Å². The Balaban J connectivity index is 3.61. The second kappa shape index (κ2) is 8.42. The van der Waals surface area contributed by atoms with E-state index in [4.69, 9.17) is 4.74 Å². The van der Waals surface area contributed by atoms with E-state index in [-0.39, 0.29) is 12.4 Å². The first-order valence-corrected chi connectivity index (χ1v) is 5.38. The van der Waals surface area contributed by atoms with Crippen LogP contribution in [0.5, 0.6) is 0 Å². The Labute approximate surface area is 93.0 Å². The highest BCUT2D eigenvalue weighted by atomic mass is 16.5. The van der Waals surface area contributed by atoms with Gasteiger partial charge in [-0.05, 0) is 40.5 Å². The number of carbonyl (C=O) groups excluding carboxylic acids is 1. The van der Waals surface area contributed by atoms with Crippen LogP contribution in [0.2, 0.25) is 0 Å². The lowest BCUT2D eigenvalue weighted by Crippen LogP contribution is -2.03. The molecule has 0 aromatic rings. The van der Waals surface area contributed by atoms with Crippen LogP contribution in [-0.4, -0.2) is 19.0 Å². The summed E-state index contributed by atoms with van der Waals surface area (Å²) in [4.78, 5) is 10.6. The summed E-state index contributed by atoms with van der Waals surface area (Å²) in [5, 5.41) is 0. The van der Waals surface area contributed by atoms with Gasteiger partial charge in [-0.25, -0.2) is 0 Å². The van der Waals surface area contributed by atoms with Crippen LogP contribution in [0.3, 0.4) is 0 Å². The third-order valence-electron chi connectivity index (χ3n) is 1.95. The maximum Gasteiger partial charge on any atom is 0.155 e. The zero-order valence-corrected chi connectivity index (χ0v) is 10.3. The van der Waals surface area contributed by atoms with Crippen molar-refractivity contribution in [1.29, 1.82) is 0 Å². The molecule has 0 radical (unpaired) electrons. The smallest absolute Gasteiger partial charge is 0.155 e. The second-order valence-corrected chi connectivity index (χ2v) is 4.09. The van der Waals surface area contributed by atoms with Crippen molar-refractivity contribution in [3.63, 3.8) is 0 Å². The predicted octanol–water partition coefficient (Wildman–Crippen LogP) is 3.28. The van der Waals surface area contributed by atoms with E-state index < -0.39 is 0 Å². The Hall–Kier alpha value is -0.890. The standard InChI is InChI=1S/C13H22O2/c1-11(2)6-5-7-12(3)8-9-15-10-13(4)14/h6,8H,5,7,9-10H2,1-4H3/b12-8+. The summed E-state index contributed by atoms with van der Waals surface area (Å²) in [6.45, 7) is 8.60. The Bertz CT molecular complexity index is 245. The van der Waals surface area contributed by atoms with Gasteiger partial charge in [-0.1, -0.05) is 23.3 Å². The van der Waals surface area contributed by atoms with Gasteiger partial charge in [0.2, 0.25) is 0 Å². The molecule has 0 aromatic carbocycles. The molecule has 0 unspecified atom stereocenters. The highest BCUT2D eigenvalue weighted by Crippen LogP contribution is 2.06. The molecule has 0 aromatic heterocycles. The van der Waals surface area contributed by atoms with E-state index in [2.05, 4.69) is 26.8 Å². The summed E-state index contributed by atoms with van der Waals surface area (Å²) in [7, 11) is 0. The van der Waals surface area contributed by atoms with E-state index in [1.165, 1.54) is 18.1 Å². The molecule has 0 fully saturated rings. The van der Waals surface area contributed by atoms with E-state index >= 15 is 0 Å². The number of hydrogen-bond acceptors (Lipinski definition) is 2. The zero-order chi connectivity index (χ0) is 11.7. The Morgan fingerprint density at radius 3 is 2.33 bits per heavy atom. The van der Waals surface area contributed by atoms with Crippen LogP contribution in [0.25, 0.3) is 0 Å². The summed E-state index contributed by atoms with van der Waals surface area (Å²) < 4.78 is 5.15. The van der Waals surface area contributed by atoms with Gasteiger partial charge in [0.15, 0.2) is 5.78 Å². The van der Waals surface area contributed by atoms with Crippen LogP contribution < -0.4 is 0 Å². The minimum Gasteiger partial charge on any atom is -0.370 e. The largest absolute Gasteiger partial charge is 0.370 e. The normalized spacial score (nSPS) is 11.3. The van der Waals surface area contributed by atoms with Gasteiger partial charge >= 0.3 is 0 Å². The Morgan fingerprint density at radius 2 is 1.80 bits per heavy atom. The third kappa shape index (κ3) is 11.0. The van der Waals surface area contributed by atoms with E-state index in [0.717, 1.165) is 12.8 Å². The van der Waals surface area contributed by atoms with Crippen LogP contribution in [0, 0.1) is 0 Å². The fraction of sp³-hybridized carbons (Fsp3) is 0.615. The van der Waals surface area contributed by atoms with Crippen LogP contribution in [0.4, 0.5) is 0 Å². The van der Waals surface area contributed by atoms with Crippen molar-refractivity contribution >= 4 is 5.78 Å². The highest BCUT2D eigenvalue weighted by molar-refractivity contribution is 5.76.